The van der Waals surface area contributed by atoms with Crippen LogP contribution in [0.3, 0.4) is 0 Å². The van der Waals surface area contributed by atoms with Crippen molar-refractivity contribution in [3.05, 3.63) is 71.3 Å². The number of hydrogen-bond donors (Lipinski definition) is 2. The molecule has 0 fully saturated rings. The molecule has 2 aromatic carbocycles. The van der Waals surface area contributed by atoms with E-state index in [1.54, 1.807) is 0 Å². The number of fused-ring (bicyclic) bond motifs is 1. The molecule has 5 heteroatoms. The molecular weight excluding hydrogens is 422 g/mol. The summed E-state index contributed by atoms with van der Waals surface area (Å²) in [6.45, 7) is 12.1. The van der Waals surface area contributed by atoms with Crippen LogP contribution >= 0.6 is 0 Å². The van der Waals surface area contributed by atoms with Gasteiger partial charge in [0.1, 0.15) is 6.04 Å². The second-order valence-corrected chi connectivity index (χ2v) is 10.6. The Morgan fingerprint density at radius 2 is 1.68 bits per heavy atom. The third kappa shape index (κ3) is 6.69. The Balaban J connectivity index is 1.76. The molecule has 3 atom stereocenters. The molecule has 0 aromatic heterocycles. The van der Waals surface area contributed by atoms with Crippen LogP contribution in [0.15, 0.2) is 54.6 Å². The number of carbonyl (C=O) groups is 2. The van der Waals surface area contributed by atoms with Crippen molar-refractivity contribution < 1.29 is 9.59 Å². The summed E-state index contributed by atoms with van der Waals surface area (Å²) in [6, 6.07) is 18.3. The Morgan fingerprint density at radius 3 is 2.32 bits per heavy atom. The van der Waals surface area contributed by atoms with Crippen molar-refractivity contribution >= 4 is 11.8 Å². The number of amides is 2. The van der Waals surface area contributed by atoms with Crippen molar-refractivity contribution in [1.82, 2.24) is 15.5 Å². The van der Waals surface area contributed by atoms with Gasteiger partial charge in [-0.05, 0) is 47.9 Å². The van der Waals surface area contributed by atoms with Crippen molar-refractivity contribution in [3.8, 4) is 0 Å². The van der Waals surface area contributed by atoms with Crippen molar-refractivity contribution in [1.29, 1.82) is 0 Å². The molecule has 0 bridgehead atoms. The number of nitrogens with zero attached hydrogens (tertiary/aromatic N) is 1. The highest BCUT2D eigenvalue weighted by atomic mass is 16.2. The fourth-order valence-corrected chi connectivity index (χ4v) is 4.46. The van der Waals surface area contributed by atoms with Gasteiger partial charge in [0, 0.05) is 25.0 Å². The molecule has 0 unspecified atom stereocenters. The van der Waals surface area contributed by atoms with Crippen molar-refractivity contribution in [2.24, 2.45) is 11.3 Å². The summed E-state index contributed by atoms with van der Waals surface area (Å²) in [5, 5.41) is 6.67. The monoisotopic (exact) mass is 463 g/mol. The highest BCUT2D eigenvalue weighted by molar-refractivity contribution is 5.89. The minimum atomic E-state index is -0.564. The van der Waals surface area contributed by atoms with E-state index in [2.05, 4.69) is 53.1 Å². The standard InChI is InChI=1S/C29H41N3O2/c1-6-21(2)27(33)31-26(29(3,4)5)28(34)32-20-24-15-11-10-14-23(24)18-25(32)19-30-17-16-22-12-8-7-9-13-22/h7-15,21,25-26,30H,6,16-20H2,1-5H3,(H,31,33)/t21-,25+,26-/m1/s1. The zero-order chi connectivity index (χ0) is 24.7. The fraction of sp³-hybridized carbons (Fsp3) is 0.517. The first-order chi connectivity index (χ1) is 16.2. The topological polar surface area (TPSA) is 61.4 Å². The lowest BCUT2D eigenvalue weighted by molar-refractivity contribution is -0.143. The molecule has 0 radical (unpaired) electrons. The number of nitrogens with one attached hydrogen (secondary N) is 2. The summed E-state index contributed by atoms with van der Waals surface area (Å²) < 4.78 is 0. The smallest absolute Gasteiger partial charge is 0.246 e. The zero-order valence-corrected chi connectivity index (χ0v) is 21.4. The van der Waals surface area contributed by atoms with E-state index in [-0.39, 0.29) is 29.2 Å². The quantitative estimate of drug-likeness (QED) is 0.544. The number of benzene rings is 2. The lowest BCUT2D eigenvalue weighted by Gasteiger charge is -2.42. The van der Waals surface area contributed by atoms with Crippen LogP contribution < -0.4 is 10.6 Å². The van der Waals surface area contributed by atoms with E-state index in [4.69, 9.17) is 0 Å². The molecule has 1 heterocycles. The van der Waals surface area contributed by atoms with Crippen LogP contribution in [0.1, 0.15) is 57.7 Å². The molecule has 2 aromatic rings. The third-order valence-corrected chi connectivity index (χ3v) is 6.91. The van der Waals surface area contributed by atoms with Crippen LogP contribution in [0.25, 0.3) is 0 Å². The predicted molar refractivity (Wildman–Crippen MR) is 138 cm³/mol. The van der Waals surface area contributed by atoms with Crippen molar-refractivity contribution in [3.63, 3.8) is 0 Å². The van der Waals surface area contributed by atoms with Gasteiger partial charge < -0.3 is 15.5 Å². The number of carbonyl (C=O) groups excluding carboxylic acids is 2. The predicted octanol–water partition coefficient (Wildman–Crippen LogP) is 4.35. The average Bonchev–Trinajstić information content (AvgIpc) is 2.83. The number of rotatable bonds is 9. The van der Waals surface area contributed by atoms with Crippen LogP contribution in [0.5, 0.6) is 0 Å². The van der Waals surface area contributed by atoms with Gasteiger partial charge in [0.2, 0.25) is 11.8 Å². The van der Waals surface area contributed by atoms with Gasteiger partial charge in [0.15, 0.2) is 0 Å². The molecule has 2 amide bonds. The molecular formula is C29H41N3O2. The first-order valence-corrected chi connectivity index (χ1v) is 12.6. The van der Waals surface area contributed by atoms with Crippen molar-refractivity contribution in [2.75, 3.05) is 13.1 Å². The van der Waals surface area contributed by atoms with E-state index < -0.39 is 6.04 Å². The van der Waals surface area contributed by atoms with Gasteiger partial charge in [-0.25, -0.2) is 0 Å². The van der Waals surface area contributed by atoms with Gasteiger partial charge in [0.05, 0.1) is 0 Å². The third-order valence-electron chi connectivity index (χ3n) is 6.91. The van der Waals surface area contributed by atoms with Gasteiger partial charge in [-0.2, -0.15) is 0 Å². The Morgan fingerprint density at radius 1 is 1.03 bits per heavy atom. The lowest BCUT2D eigenvalue weighted by atomic mass is 9.84. The first-order valence-electron chi connectivity index (χ1n) is 12.6. The summed E-state index contributed by atoms with van der Waals surface area (Å²) in [5.74, 6) is -0.158. The summed E-state index contributed by atoms with van der Waals surface area (Å²) in [5.41, 5.74) is 3.41. The van der Waals surface area contributed by atoms with E-state index in [9.17, 15) is 9.59 Å². The van der Waals surface area contributed by atoms with Crippen LogP contribution in [-0.2, 0) is 29.0 Å². The fourth-order valence-electron chi connectivity index (χ4n) is 4.46. The minimum Gasteiger partial charge on any atom is -0.344 e. The molecule has 1 aliphatic heterocycles. The molecule has 3 rings (SSSR count). The Hall–Kier alpha value is -2.66. The Kier molecular flexibility index (Phi) is 8.90. The molecule has 2 N–H and O–H groups in total. The first kappa shape index (κ1) is 26.0. The summed E-state index contributed by atoms with van der Waals surface area (Å²) in [6.07, 6.45) is 2.52. The summed E-state index contributed by atoms with van der Waals surface area (Å²) in [4.78, 5) is 28.7. The highest BCUT2D eigenvalue weighted by Crippen LogP contribution is 2.28. The molecule has 0 saturated heterocycles. The van der Waals surface area contributed by atoms with E-state index >= 15 is 0 Å². The summed E-state index contributed by atoms with van der Waals surface area (Å²) in [7, 11) is 0. The van der Waals surface area contributed by atoms with Gasteiger partial charge in [0.25, 0.3) is 0 Å². The van der Waals surface area contributed by atoms with Crippen LogP contribution in [-0.4, -0.2) is 41.9 Å². The van der Waals surface area contributed by atoms with Gasteiger partial charge in [-0.15, -0.1) is 0 Å². The Labute approximate surface area is 205 Å². The molecule has 0 spiro atoms. The second-order valence-electron chi connectivity index (χ2n) is 10.6. The highest BCUT2D eigenvalue weighted by Gasteiger charge is 2.40. The van der Waals surface area contributed by atoms with Crippen LogP contribution in [0.4, 0.5) is 0 Å². The molecule has 34 heavy (non-hydrogen) atoms. The van der Waals surface area contributed by atoms with Gasteiger partial charge >= 0.3 is 0 Å². The molecule has 0 saturated carbocycles. The molecule has 1 aliphatic rings. The maximum absolute atomic E-state index is 13.9. The van der Waals surface area contributed by atoms with Gasteiger partial charge in [-0.1, -0.05) is 89.2 Å². The van der Waals surface area contributed by atoms with E-state index in [1.807, 2.05) is 51.7 Å². The maximum atomic E-state index is 13.9. The van der Waals surface area contributed by atoms with E-state index in [0.29, 0.717) is 6.54 Å². The zero-order valence-electron chi connectivity index (χ0n) is 21.4. The normalized spacial score (nSPS) is 17.6. The minimum absolute atomic E-state index is 0.00788. The lowest BCUT2D eigenvalue weighted by Crippen LogP contribution is -2.59. The largest absolute Gasteiger partial charge is 0.344 e. The second kappa shape index (κ2) is 11.7. The van der Waals surface area contributed by atoms with E-state index in [1.165, 1.54) is 16.7 Å². The van der Waals surface area contributed by atoms with Crippen LogP contribution in [0, 0.1) is 11.3 Å². The average molecular weight is 464 g/mol. The molecule has 184 valence electrons. The molecule has 5 nitrogen and oxygen atoms in total. The number of hydrogen-bond acceptors (Lipinski definition) is 3. The molecule has 0 aliphatic carbocycles. The van der Waals surface area contributed by atoms with Crippen molar-refractivity contribution in [2.45, 2.75) is 72.5 Å². The summed E-state index contributed by atoms with van der Waals surface area (Å²) >= 11 is 0. The van der Waals surface area contributed by atoms with Crippen LogP contribution in [0.2, 0.25) is 0 Å². The maximum Gasteiger partial charge on any atom is 0.246 e. The van der Waals surface area contributed by atoms with E-state index in [0.717, 1.165) is 32.4 Å². The Bertz CT molecular complexity index is 951. The SMILES string of the molecule is CC[C@@H](C)C(=O)N[C@H](C(=O)N1Cc2ccccc2C[C@H]1CNCCc1ccccc1)C(C)(C)C. The van der Waals surface area contributed by atoms with Gasteiger partial charge in [-0.3, -0.25) is 9.59 Å².